The van der Waals surface area contributed by atoms with Crippen LogP contribution in [0.15, 0.2) is 30.1 Å². The van der Waals surface area contributed by atoms with Gasteiger partial charge in [0.15, 0.2) is 5.78 Å². The molecule has 1 fully saturated rings. The lowest BCUT2D eigenvalue weighted by Gasteiger charge is -2.27. The molecule has 1 aromatic rings. The van der Waals surface area contributed by atoms with Gasteiger partial charge in [-0.3, -0.25) is 14.7 Å². The van der Waals surface area contributed by atoms with E-state index in [1.165, 1.54) is 0 Å². The second kappa shape index (κ2) is 5.73. The van der Waals surface area contributed by atoms with Gasteiger partial charge in [0.05, 0.1) is 0 Å². The molecule has 0 unspecified atom stereocenters. The van der Waals surface area contributed by atoms with Crippen LogP contribution in [0.25, 0.3) is 6.08 Å². The second-order valence-electron chi connectivity index (χ2n) is 4.40. The SMILES string of the molecule is CCCN1CCC(=O)/C(=C/c2ccncc2)C1. The van der Waals surface area contributed by atoms with E-state index in [1.807, 2.05) is 18.2 Å². The second-order valence-corrected chi connectivity index (χ2v) is 4.40. The molecule has 0 atom stereocenters. The van der Waals surface area contributed by atoms with Crippen LogP contribution in [-0.2, 0) is 4.79 Å². The number of pyridine rings is 1. The Balaban J connectivity index is 2.12. The average molecular weight is 230 g/mol. The summed E-state index contributed by atoms with van der Waals surface area (Å²) in [5, 5.41) is 0. The lowest BCUT2D eigenvalue weighted by Crippen LogP contribution is -2.36. The molecule has 17 heavy (non-hydrogen) atoms. The van der Waals surface area contributed by atoms with E-state index in [2.05, 4.69) is 16.8 Å². The maximum absolute atomic E-state index is 11.8. The van der Waals surface area contributed by atoms with E-state index in [4.69, 9.17) is 0 Å². The number of hydrogen-bond donors (Lipinski definition) is 0. The molecule has 0 saturated carbocycles. The van der Waals surface area contributed by atoms with Gasteiger partial charge in [0.1, 0.15) is 0 Å². The van der Waals surface area contributed by atoms with Crippen molar-refractivity contribution in [2.75, 3.05) is 19.6 Å². The first kappa shape index (κ1) is 12.0. The smallest absolute Gasteiger partial charge is 0.161 e. The van der Waals surface area contributed by atoms with E-state index >= 15 is 0 Å². The first-order valence-electron chi connectivity index (χ1n) is 6.15. The lowest BCUT2D eigenvalue weighted by molar-refractivity contribution is -0.117. The molecule has 0 aromatic carbocycles. The molecule has 0 amide bonds. The van der Waals surface area contributed by atoms with E-state index in [1.54, 1.807) is 12.4 Å². The van der Waals surface area contributed by atoms with Crippen LogP contribution in [0.4, 0.5) is 0 Å². The van der Waals surface area contributed by atoms with Crippen molar-refractivity contribution in [3.05, 3.63) is 35.7 Å². The number of piperidine rings is 1. The zero-order valence-electron chi connectivity index (χ0n) is 10.2. The van der Waals surface area contributed by atoms with Crippen LogP contribution in [0.2, 0.25) is 0 Å². The van der Waals surface area contributed by atoms with E-state index in [9.17, 15) is 4.79 Å². The van der Waals surface area contributed by atoms with Crippen LogP contribution in [-0.4, -0.2) is 35.3 Å². The number of carbonyl (C=O) groups excluding carboxylic acids is 1. The fourth-order valence-corrected chi connectivity index (χ4v) is 2.12. The molecule has 2 heterocycles. The van der Waals surface area contributed by atoms with E-state index in [-0.39, 0.29) is 5.78 Å². The molecule has 90 valence electrons. The van der Waals surface area contributed by atoms with Gasteiger partial charge in [-0.25, -0.2) is 0 Å². The molecule has 1 saturated heterocycles. The first-order chi connectivity index (χ1) is 8.29. The zero-order valence-corrected chi connectivity index (χ0v) is 10.2. The molecule has 3 nitrogen and oxygen atoms in total. The van der Waals surface area contributed by atoms with Crippen LogP contribution >= 0.6 is 0 Å². The Morgan fingerprint density at radius 1 is 1.41 bits per heavy atom. The Morgan fingerprint density at radius 2 is 2.18 bits per heavy atom. The topological polar surface area (TPSA) is 33.2 Å². The minimum atomic E-state index is 0.286. The van der Waals surface area contributed by atoms with Gasteiger partial charge in [-0.15, -0.1) is 0 Å². The predicted molar refractivity (Wildman–Crippen MR) is 68.6 cm³/mol. The van der Waals surface area contributed by atoms with Gasteiger partial charge >= 0.3 is 0 Å². The Bertz CT molecular complexity index is 411. The summed E-state index contributed by atoms with van der Waals surface area (Å²) < 4.78 is 0. The van der Waals surface area contributed by atoms with Gasteiger partial charge in [-0.1, -0.05) is 6.92 Å². The Hall–Kier alpha value is -1.48. The van der Waals surface area contributed by atoms with Crippen molar-refractivity contribution in [1.29, 1.82) is 0 Å². The van der Waals surface area contributed by atoms with Crippen LogP contribution in [0.3, 0.4) is 0 Å². The van der Waals surface area contributed by atoms with Crippen LogP contribution in [0.1, 0.15) is 25.3 Å². The van der Waals surface area contributed by atoms with Crippen molar-refractivity contribution in [3.8, 4) is 0 Å². The number of aromatic nitrogens is 1. The van der Waals surface area contributed by atoms with Crippen LogP contribution in [0, 0.1) is 0 Å². The van der Waals surface area contributed by atoms with Crippen LogP contribution in [0.5, 0.6) is 0 Å². The molecule has 2 rings (SSSR count). The standard InChI is InChI=1S/C14H18N2O/c1-2-8-16-9-5-14(17)13(11-16)10-12-3-6-15-7-4-12/h3-4,6-7,10H,2,5,8-9,11H2,1H3/b13-10+. The van der Waals surface area contributed by atoms with Crippen molar-refractivity contribution in [1.82, 2.24) is 9.88 Å². The van der Waals surface area contributed by atoms with Crippen molar-refractivity contribution in [2.45, 2.75) is 19.8 Å². The normalized spacial score (nSPS) is 19.8. The van der Waals surface area contributed by atoms with Crippen molar-refractivity contribution < 1.29 is 4.79 Å². The monoisotopic (exact) mass is 230 g/mol. The minimum Gasteiger partial charge on any atom is -0.299 e. The summed E-state index contributed by atoms with van der Waals surface area (Å²) in [7, 11) is 0. The lowest BCUT2D eigenvalue weighted by atomic mass is 10.0. The van der Waals surface area contributed by atoms with Gasteiger partial charge in [0.25, 0.3) is 0 Å². The molecule has 0 aliphatic carbocycles. The maximum atomic E-state index is 11.8. The molecule has 0 spiro atoms. The summed E-state index contributed by atoms with van der Waals surface area (Å²) in [5.41, 5.74) is 1.98. The fourth-order valence-electron chi connectivity index (χ4n) is 2.12. The summed E-state index contributed by atoms with van der Waals surface area (Å²) in [6, 6.07) is 3.86. The zero-order chi connectivity index (χ0) is 12.1. The molecule has 0 bridgehead atoms. The first-order valence-corrected chi connectivity index (χ1v) is 6.15. The highest BCUT2D eigenvalue weighted by Gasteiger charge is 2.20. The fraction of sp³-hybridized carbons (Fsp3) is 0.429. The van der Waals surface area contributed by atoms with E-state index in [0.29, 0.717) is 6.42 Å². The Kier molecular flexibility index (Phi) is 4.04. The molecule has 1 aromatic heterocycles. The molecule has 3 heteroatoms. The quantitative estimate of drug-likeness (QED) is 0.746. The van der Waals surface area contributed by atoms with Gasteiger partial charge in [0.2, 0.25) is 0 Å². The van der Waals surface area contributed by atoms with E-state index in [0.717, 1.165) is 37.2 Å². The number of Topliss-reactive ketones (excluding diaryl/α,β-unsaturated/α-hetero) is 1. The van der Waals surface area contributed by atoms with Gasteiger partial charge < -0.3 is 0 Å². The molecular formula is C14H18N2O. The van der Waals surface area contributed by atoms with Gasteiger partial charge in [-0.2, -0.15) is 0 Å². The summed E-state index contributed by atoms with van der Waals surface area (Å²) in [4.78, 5) is 18.2. The number of rotatable bonds is 3. The van der Waals surface area contributed by atoms with E-state index < -0.39 is 0 Å². The van der Waals surface area contributed by atoms with Crippen molar-refractivity contribution >= 4 is 11.9 Å². The average Bonchev–Trinajstić information content (AvgIpc) is 2.35. The summed E-state index contributed by atoms with van der Waals surface area (Å²) in [6.07, 6.45) is 7.28. The molecular weight excluding hydrogens is 212 g/mol. The number of likely N-dealkylation sites (tertiary alicyclic amines) is 1. The van der Waals surface area contributed by atoms with Gasteiger partial charge in [0, 0.05) is 37.5 Å². The number of hydrogen-bond acceptors (Lipinski definition) is 3. The number of ketones is 1. The summed E-state index contributed by atoms with van der Waals surface area (Å²) in [6.45, 7) is 4.93. The van der Waals surface area contributed by atoms with Gasteiger partial charge in [-0.05, 0) is 36.7 Å². The molecule has 0 radical (unpaired) electrons. The molecule has 1 aliphatic rings. The third-order valence-corrected chi connectivity index (χ3v) is 2.99. The predicted octanol–water partition coefficient (Wildman–Crippen LogP) is 2.15. The third-order valence-electron chi connectivity index (χ3n) is 2.99. The Labute approximate surface area is 102 Å². The third kappa shape index (κ3) is 3.24. The highest BCUT2D eigenvalue weighted by Crippen LogP contribution is 2.15. The highest BCUT2D eigenvalue weighted by atomic mass is 16.1. The largest absolute Gasteiger partial charge is 0.299 e. The van der Waals surface area contributed by atoms with Crippen molar-refractivity contribution in [3.63, 3.8) is 0 Å². The minimum absolute atomic E-state index is 0.286. The summed E-state index contributed by atoms with van der Waals surface area (Å²) in [5.74, 6) is 0.286. The van der Waals surface area contributed by atoms with Crippen LogP contribution < -0.4 is 0 Å². The highest BCUT2D eigenvalue weighted by molar-refractivity contribution is 6.00. The number of nitrogens with zero attached hydrogens (tertiary/aromatic N) is 2. The summed E-state index contributed by atoms with van der Waals surface area (Å²) >= 11 is 0. The van der Waals surface area contributed by atoms with Crippen molar-refractivity contribution in [2.24, 2.45) is 0 Å². The Morgan fingerprint density at radius 3 is 2.88 bits per heavy atom. The molecule has 1 aliphatic heterocycles. The number of carbonyl (C=O) groups is 1. The molecule has 0 N–H and O–H groups in total. The maximum Gasteiger partial charge on any atom is 0.161 e.